The summed E-state index contributed by atoms with van der Waals surface area (Å²) in [6.07, 6.45) is 0. The van der Waals surface area contributed by atoms with Gasteiger partial charge in [-0.2, -0.15) is 0 Å². The number of nitro groups is 1. The SMILES string of the molecule is O=C(COC(=O)c1ccc(CO)cc1)Nc1cc([N+](=O)[O-])ccc1F. The van der Waals surface area contributed by atoms with Crippen molar-refractivity contribution >= 4 is 23.3 Å². The first kappa shape index (κ1) is 18.0. The first-order chi connectivity index (χ1) is 11.9. The summed E-state index contributed by atoms with van der Waals surface area (Å²) in [4.78, 5) is 33.4. The Morgan fingerprint density at radius 1 is 1.20 bits per heavy atom. The second kappa shape index (κ2) is 7.97. The minimum absolute atomic E-state index is 0.173. The summed E-state index contributed by atoms with van der Waals surface area (Å²) in [5, 5.41) is 21.7. The fourth-order valence-electron chi connectivity index (χ4n) is 1.87. The number of aliphatic hydroxyl groups excluding tert-OH is 1. The van der Waals surface area contributed by atoms with E-state index in [1.807, 2.05) is 0 Å². The van der Waals surface area contributed by atoms with Crippen LogP contribution in [0.2, 0.25) is 0 Å². The molecule has 2 aromatic rings. The van der Waals surface area contributed by atoms with Crippen LogP contribution in [0.1, 0.15) is 15.9 Å². The minimum atomic E-state index is -0.857. The van der Waals surface area contributed by atoms with E-state index in [-0.39, 0.29) is 17.9 Å². The van der Waals surface area contributed by atoms with E-state index in [4.69, 9.17) is 9.84 Å². The molecule has 8 nitrogen and oxygen atoms in total. The number of amides is 1. The number of nitrogens with one attached hydrogen (secondary N) is 1. The van der Waals surface area contributed by atoms with Gasteiger partial charge in [0.1, 0.15) is 5.82 Å². The van der Waals surface area contributed by atoms with Crippen LogP contribution in [0.15, 0.2) is 42.5 Å². The van der Waals surface area contributed by atoms with E-state index in [9.17, 15) is 24.1 Å². The quantitative estimate of drug-likeness (QED) is 0.468. The van der Waals surface area contributed by atoms with Crippen molar-refractivity contribution in [3.05, 3.63) is 69.5 Å². The smallest absolute Gasteiger partial charge is 0.338 e. The van der Waals surface area contributed by atoms with Gasteiger partial charge in [0, 0.05) is 12.1 Å². The first-order valence-corrected chi connectivity index (χ1v) is 7.01. The van der Waals surface area contributed by atoms with E-state index in [1.165, 1.54) is 24.3 Å². The zero-order valence-corrected chi connectivity index (χ0v) is 12.8. The van der Waals surface area contributed by atoms with Crippen molar-refractivity contribution in [2.24, 2.45) is 0 Å². The highest BCUT2D eigenvalue weighted by atomic mass is 19.1. The Labute approximate surface area is 141 Å². The Morgan fingerprint density at radius 3 is 2.48 bits per heavy atom. The topological polar surface area (TPSA) is 119 Å². The van der Waals surface area contributed by atoms with Gasteiger partial charge < -0.3 is 15.2 Å². The van der Waals surface area contributed by atoms with Crippen molar-refractivity contribution in [1.82, 2.24) is 0 Å². The first-order valence-electron chi connectivity index (χ1n) is 7.01. The molecule has 0 aliphatic rings. The van der Waals surface area contributed by atoms with E-state index in [0.717, 1.165) is 18.2 Å². The number of halogens is 1. The summed E-state index contributed by atoms with van der Waals surface area (Å²) in [6.45, 7) is -0.866. The van der Waals surface area contributed by atoms with Crippen LogP contribution in [0.5, 0.6) is 0 Å². The van der Waals surface area contributed by atoms with E-state index in [2.05, 4.69) is 5.32 Å². The molecule has 0 atom stereocenters. The molecule has 0 spiro atoms. The summed E-state index contributed by atoms with van der Waals surface area (Å²) in [5.74, 6) is -2.48. The molecular formula is C16H13FN2O6. The third kappa shape index (κ3) is 4.82. The number of benzene rings is 2. The van der Waals surface area contributed by atoms with Gasteiger partial charge in [-0.15, -0.1) is 0 Å². The van der Waals surface area contributed by atoms with Crippen molar-refractivity contribution < 1.29 is 28.7 Å². The summed E-state index contributed by atoms with van der Waals surface area (Å²) in [5.41, 5.74) is 0.00202. The van der Waals surface area contributed by atoms with Crippen LogP contribution in [-0.4, -0.2) is 28.5 Å². The predicted octanol–water partition coefficient (Wildman–Crippen LogP) is 2.02. The summed E-state index contributed by atoms with van der Waals surface area (Å²) in [6, 6.07) is 8.56. The predicted molar refractivity (Wildman–Crippen MR) is 84.3 cm³/mol. The lowest BCUT2D eigenvalue weighted by molar-refractivity contribution is -0.384. The molecule has 25 heavy (non-hydrogen) atoms. The number of carbonyl (C=O) groups excluding carboxylic acids is 2. The third-order valence-corrected chi connectivity index (χ3v) is 3.14. The molecule has 0 fully saturated rings. The van der Waals surface area contributed by atoms with Crippen molar-refractivity contribution in [2.75, 3.05) is 11.9 Å². The number of carbonyl (C=O) groups is 2. The zero-order chi connectivity index (χ0) is 18.4. The van der Waals surface area contributed by atoms with Gasteiger partial charge in [-0.3, -0.25) is 14.9 Å². The minimum Gasteiger partial charge on any atom is -0.452 e. The standard InChI is InChI=1S/C16H13FN2O6/c17-13-6-5-12(19(23)24)7-14(13)18-15(21)9-25-16(22)11-3-1-10(8-20)2-4-11/h1-7,20H,8-9H2,(H,18,21). The number of ether oxygens (including phenoxy) is 1. The number of hydrogen-bond acceptors (Lipinski definition) is 6. The zero-order valence-electron chi connectivity index (χ0n) is 12.8. The number of nitrogens with zero attached hydrogens (tertiary/aromatic N) is 1. The lowest BCUT2D eigenvalue weighted by Crippen LogP contribution is -2.21. The number of esters is 1. The molecule has 0 saturated heterocycles. The third-order valence-electron chi connectivity index (χ3n) is 3.14. The summed E-state index contributed by atoms with van der Waals surface area (Å²) in [7, 11) is 0. The molecule has 9 heteroatoms. The molecule has 0 saturated carbocycles. The Morgan fingerprint density at radius 2 is 1.88 bits per heavy atom. The Kier molecular flexibility index (Phi) is 5.75. The molecule has 0 heterocycles. The maximum Gasteiger partial charge on any atom is 0.338 e. The van der Waals surface area contributed by atoms with Gasteiger partial charge >= 0.3 is 5.97 Å². The highest BCUT2D eigenvalue weighted by molar-refractivity contribution is 5.95. The van der Waals surface area contributed by atoms with E-state index in [1.54, 1.807) is 0 Å². The number of non-ortho nitro benzene ring substituents is 1. The summed E-state index contributed by atoms with van der Waals surface area (Å²) < 4.78 is 18.3. The molecule has 0 bridgehead atoms. The van der Waals surface area contributed by atoms with Crippen LogP contribution in [0, 0.1) is 15.9 Å². The van der Waals surface area contributed by atoms with Crippen molar-refractivity contribution in [3.8, 4) is 0 Å². The normalized spacial score (nSPS) is 10.2. The monoisotopic (exact) mass is 348 g/mol. The average molecular weight is 348 g/mol. The van der Waals surface area contributed by atoms with Crippen LogP contribution >= 0.6 is 0 Å². The Bertz CT molecular complexity index is 807. The van der Waals surface area contributed by atoms with E-state index < -0.39 is 34.9 Å². The number of nitro benzene ring substituents is 1. The fourth-order valence-corrected chi connectivity index (χ4v) is 1.87. The molecule has 2 rings (SSSR count). The van der Waals surface area contributed by atoms with Crippen LogP contribution in [0.25, 0.3) is 0 Å². The second-order valence-electron chi connectivity index (χ2n) is 4.90. The molecule has 0 aromatic heterocycles. The largest absolute Gasteiger partial charge is 0.452 e. The van der Waals surface area contributed by atoms with Gasteiger partial charge in [0.25, 0.3) is 11.6 Å². The molecular weight excluding hydrogens is 335 g/mol. The second-order valence-corrected chi connectivity index (χ2v) is 4.90. The van der Waals surface area contributed by atoms with Gasteiger partial charge in [0.15, 0.2) is 6.61 Å². The van der Waals surface area contributed by atoms with E-state index >= 15 is 0 Å². The lowest BCUT2D eigenvalue weighted by Gasteiger charge is -2.08. The maximum atomic E-state index is 13.6. The van der Waals surface area contributed by atoms with E-state index in [0.29, 0.717) is 5.56 Å². The molecule has 130 valence electrons. The van der Waals surface area contributed by atoms with Gasteiger partial charge in [-0.25, -0.2) is 9.18 Å². The highest BCUT2D eigenvalue weighted by Gasteiger charge is 2.15. The molecule has 0 unspecified atom stereocenters. The van der Waals surface area contributed by atoms with Crippen LogP contribution < -0.4 is 5.32 Å². The lowest BCUT2D eigenvalue weighted by atomic mass is 10.1. The van der Waals surface area contributed by atoms with Crippen LogP contribution in [-0.2, 0) is 16.1 Å². The van der Waals surface area contributed by atoms with Crippen LogP contribution in [0.3, 0.4) is 0 Å². The van der Waals surface area contributed by atoms with Crippen molar-refractivity contribution in [3.63, 3.8) is 0 Å². The van der Waals surface area contributed by atoms with Gasteiger partial charge in [-0.05, 0) is 23.8 Å². The van der Waals surface area contributed by atoms with Crippen LogP contribution in [0.4, 0.5) is 15.8 Å². The maximum absolute atomic E-state index is 13.6. The Balaban J connectivity index is 1.95. The molecule has 2 aromatic carbocycles. The number of hydrogen-bond donors (Lipinski definition) is 2. The van der Waals surface area contributed by atoms with Gasteiger partial charge in [-0.1, -0.05) is 12.1 Å². The molecule has 0 aliphatic carbocycles. The number of rotatable bonds is 6. The highest BCUT2D eigenvalue weighted by Crippen LogP contribution is 2.21. The average Bonchev–Trinajstić information content (AvgIpc) is 2.61. The van der Waals surface area contributed by atoms with Gasteiger partial charge in [0.05, 0.1) is 22.8 Å². The Hall–Kier alpha value is -3.33. The number of aliphatic hydroxyl groups is 1. The molecule has 0 aliphatic heterocycles. The molecule has 2 N–H and O–H groups in total. The van der Waals surface area contributed by atoms with Gasteiger partial charge in [0.2, 0.25) is 0 Å². The molecule has 1 amide bonds. The van der Waals surface area contributed by atoms with Crippen molar-refractivity contribution in [2.45, 2.75) is 6.61 Å². The fraction of sp³-hybridized carbons (Fsp3) is 0.125. The number of anilines is 1. The molecule has 0 radical (unpaired) electrons. The summed E-state index contributed by atoms with van der Waals surface area (Å²) >= 11 is 0. The van der Waals surface area contributed by atoms with Crippen molar-refractivity contribution in [1.29, 1.82) is 0 Å².